The van der Waals surface area contributed by atoms with Crippen molar-refractivity contribution in [1.29, 1.82) is 0 Å². The number of alkyl halides is 2. The van der Waals surface area contributed by atoms with Crippen LogP contribution in [0.2, 0.25) is 6.43 Å². The average Bonchev–Trinajstić information content (AvgIpc) is 3.04. The lowest BCUT2D eigenvalue weighted by Crippen LogP contribution is -2.52. The quantitative estimate of drug-likeness (QED) is 0.660. The van der Waals surface area contributed by atoms with Crippen LogP contribution in [0.1, 0.15) is 46.7 Å². The summed E-state index contributed by atoms with van der Waals surface area (Å²) in [6, 6.07) is 3.20. The third-order valence-corrected chi connectivity index (χ3v) is 5.15. The van der Waals surface area contributed by atoms with Crippen molar-refractivity contribution in [2.24, 2.45) is 0 Å². The van der Waals surface area contributed by atoms with E-state index in [0.29, 0.717) is 4.90 Å². The van der Waals surface area contributed by atoms with Gasteiger partial charge in [-0.15, -0.1) is 0 Å². The summed E-state index contributed by atoms with van der Waals surface area (Å²) in [6.45, 7) is -6.08. The second-order valence-electron chi connectivity index (χ2n) is 7.04. The Kier molecular flexibility index (Phi) is 4.02. The number of benzene rings is 2. The molecule has 2 aromatic carbocycles. The summed E-state index contributed by atoms with van der Waals surface area (Å²) in [6.07, 6.45) is -0.369. The lowest BCUT2D eigenvalue weighted by atomic mass is 10.0. The number of carbonyl (C=O) groups is 4. The van der Waals surface area contributed by atoms with Crippen LogP contribution in [0.15, 0.2) is 42.4 Å². The Labute approximate surface area is 195 Å². The second kappa shape index (κ2) is 8.31. The first kappa shape index (κ1) is 15.5. The van der Waals surface area contributed by atoms with Gasteiger partial charge >= 0.3 is 5.92 Å². The first-order valence-electron chi connectivity index (χ1n) is 12.3. The summed E-state index contributed by atoms with van der Waals surface area (Å²) in [4.78, 5) is 50.0. The summed E-state index contributed by atoms with van der Waals surface area (Å²) in [5, 5.41) is 1.49. The maximum atomic E-state index is 14.8. The Morgan fingerprint density at radius 2 is 2.06 bits per heavy atom. The second-order valence-corrected chi connectivity index (χ2v) is 7.48. The number of rotatable bonds is 5. The number of hydrogen-bond donors (Lipinski definition) is 2. The molecule has 166 valence electrons. The molecule has 7 nitrogen and oxygen atoms in total. The van der Waals surface area contributed by atoms with Crippen LogP contribution >= 0.6 is 11.6 Å². The number of amides is 4. The minimum Gasteiger partial charge on any atom is -0.346 e. The van der Waals surface area contributed by atoms with E-state index in [0.717, 1.165) is 36.4 Å². The standard InChI is InChI=1S/C22H18ClF2N3O4/c23-15-4-2-14(3-5-15)22(24,25)21(32)26-10-12-1-6-16-13(9-12)11-28(20(16)31)17-7-8-18(29)27-19(17)30/h1-6,9,17H,7-8,10-11H2,(H,26,32)(H,27,29,30)/i6D,10D2,11D2/hD. The number of imide groups is 1. The van der Waals surface area contributed by atoms with Crippen molar-refractivity contribution in [2.75, 3.05) is 0 Å². The Morgan fingerprint density at radius 3 is 2.75 bits per heavy atom. The van der Waals surface area contributed by atoms with Crippen molar-refractivity contribution in [1.82, 2.24) is 15.5 Å². The average molecular weight is 468 g/mol. The highest BCUT2D eigenvalue weighted by molar-refractivity contribution is 6.30. The lowest BCUT2D eigenvalue weighted by Gasteiger charge is -2.29. The van der Waals surface area contributed by atoms with Gasteiger partial charge in [-0.25, -0.2) is 0 Å². The van der Waals surface area contributed by atoms with Crippen molar-refractivity contribution in [3.63, 3.8) is 0 Å². The molecule has 2 N–H and O–H groups in total. The molecule has 0 spiro atoms. The molecule has 1 saturated heterocycles. The van der Waals surface area contributed by atoms with Gasteiger partial charge in [-0.3, -0.25) is 24.5 Å². The van der Waals surface area contributed by atoms with Crippen LogP contribution in [-0.4, -0.2) is 34.6 Å². The Morgan fingerprint density at radius 1 is 1.34 bits per heavy atom. The largest absolute Gasteiger partial charge is 0.349 e. The summed E-state index contributed by atoms with van der Waals surface area (Å²) < 4.78 is 79.3. The van der Waals surface area contributed by atoms with Crippen LogP contribution in [0.4, 0.5) is 8.78 Å². The first-order chi connectivity index (χ1) is 17.5. The molecule has 10 heteroatoms. The lowest BCUT2D eigenvalue weighted by molar-refractivity contribution is -0.147. The molecule has 1 fully saturated rings. The fourth-order valence-corrected chi connectivity index (χ4v) is 3.37. The third-order valence-electron chi connectivity index (χ3n) is 4.90. The maximum Gasteiger partial charge on any atom is 0.349 e. The molecule has 0 aliphatic carbocycles. The van der Waals surface area contributed by atoms with E-state index in [1.54, 1.807) is 0 Å². The molecule has 2 aliphatic heterocycles. The molecule has 2 aliphatic rings. The number of carbonyl (C=O) groups excluding carboxylic acids is 4. The van der Waals surface area contributed by atoms with Gasteiger partial charge in [-0.05, 0) is 35.7 Å². The molecule has 0 radical (unpaired) electrons. The van der Waals surface area contributed by atoms with Crippen LogP contribution in [0, 0.1) is 0 Å². The van der Waals surface area contributed by atoms with E-state index in [1.807, 2.05) is 5.32 Å². The van der Waals surface area contributed by atoms with Crippen LogP contribution in [0.25, 0.3) is 0 Å². The van der Waals surface area contributed by atoms with Gasteiger partial charge in [-0.1, -0.05) is 35.9 Å². The molecule has 0 aromatic heterocycles. The normalized spacial score (nSPS) is 23.2. The van der Waals surface area contributed by atoms with E-state index >= 15 is 0 Å². The summed E-state index contributed by atoms with van der Waals surface area (Å²) in [5.74, 6) is -9.19. The van der Waals surface area contributed by atoms with E-state index in [4.69, 9.17) is 19.9 Å². The first-order valence-corrected chi connectivity index (χ1v) is 9.69. The van der Waals surface area contributed by atoms with Gasteiger partial charge in [0, 0.05) is 35.6 Å². The number of nitrogens with one attached hydrogen (secondary N) is 2. The van der Waals surface area contributed by atoms with E-state index in [9.17, 15) is 28.0 Å². The monoisotopic (exact) mass is 467 g/mol. The van der Waals surface area contributed by atoms with Crippen molar-refractivity contribution >= 4 is 35.2 Å². The molecule has 4 amide bonds. The van der Waals surface area contributed by atoms with Crippen LogP contribution in [0.3, 0.4) is 0 Å². The maximum absolute atomic E-state index is 14.8. The predicted octanol–water partition coefficient (Wildman–Crippen LogP) is 2.51. The van der Waals surface area contributed by atoms with Crippen molar-refractivity contribution in [3.05, 3.63) is 69.7 Å². The molecule has 4 rings (SSSR count). The van der Waals surface area contributed by atoms with E-state index in [2.05, 4.69) is 0 Å². The predicted molar refractivity (Wildman–Crippen MR) is 110 cm³/mol. The molecule has 32 heavy (non-hydrogen) atoms. The number of halogens is 3. The number of piperidine rings is 1. The van der Waals surface area contributed by atoms with E-state index < -0.39 is 82.2 Å². The zero-order valence-corrected chi connectivity index (χ0v) is 16.9. The van der Waals surface area contributed by atoms with Gasteiger partial charge in [0.1, 0.15) is 6.04 Å². The molecule has 0 bridgehead atoms. The highest BCUT2D eigenvalue weighted by Crippen LogP contribution is 2.30. The highest BCUT2D eigenvalue weighted by Gasteiger charge is 2.41. The van der Waals surface area contributed by atoms with Gasteiger partial charge < -0.3 is 10.2 Å². The van der Waals surface area contributed by atoms with Gasteiger partial charge in [0.15, 0.2) is 1.41 Å². The molecule has 1 atom stereocenters. The molecule has 0 saturated carbocycles. The molecule has 1 unspecified atom stereocenters. The Balaban J connectivity index is 1.71. The summed E-state index contributed by atoms with van der Waals surface area (Å²) in [7, 11) is 0. The zero-order valence-electron chi connectivity index (χ0n) is 22.1. The number of nitrogens with zero attached hydrogens (tertiary/aromatic N) is 1. The Hall–Kier alpha value is -3.33. The smallest absolute Gasteiger partial charge is 0.346 e. The highest BCUT2D eigenvalue weighted by atomic mass is 35.5. The zero-order chi connectivity index (χ0) is 28.4. The topological polar surface area (TPSA) is 95.6 Å². The van der Waals surface area contributed by atoms with Gasteiger partial charge in [0.2, 0.25) is 11.8 Å². The van der Waals surface area contributed by atoms with Crippen LogP contribution in [0.5, 0.6) is 0 Å². The Bertz CT molecular complexity index is 1380. The van der Waals surface area contributed by atoms with Crippen molar-refractivity contribution < 1.29 is 36.2 Å². The molecular formula is C22H18ClF2N3O4. The van der Waals surface area contributed by atoms with Gasteiger partial charge in [-0.2, -0.15) is 8.78 Å². The van der Waals surface area contributed by atoms with Gasteiger partial charge in [0.25, 0.3) is 11.8 Å². The van der Waals surface area contributed by atoms with Crippen LogP contribution < -0.4 is 10.6 Å². The number of fused-ring (bicyclic) bond motifs is 1. The summed E-state index contributed by atoms with van der Waals surface area (Å²) >= 11 is 5.68. The summed E-state index contributed by atoms with van der Waals surface area (Å²) in [5.41, 5.74) is -2.63. The van der Waals surface area contributed by atoms with E-state index in [1.165, 1.54) is 0 Å². The number of hydrogen-bond acceptors (Lipinski definition) is 4. The molecular weight excluding hydrogens is 444 g/mol. The fourth-order valence-electron chi connectivity index (χ4n) is 3.24. The molecule has 2 heterocycles. The van der Waals surface area contributed by atoms with Crippen molar-refractivity contribution in [2.45, 2.75) is 37.8 Å². The third kappa shape index (κ3) is 4.08. The van der Waals surface area contributed by atoms with Crippen molar-refractivity contribution in [3.8, 4) is 0 Å². The van der Waals surface area contributed by atoms with Gasteiger partial charge in [0.05, 0.1) is 6.85 Å². The molecule has 2 aromatic rings. The minimum absolute atomic E-state index is 0.103. The van der Waals surface area contributed by atoms with Crippen LogP contribution in [-0.2, 0) is 33.3 Å². The van der Waals surface area contributed by atoms with E-state index in [-0.39, 0.29) is 17.9 Å². The fraction of sp³-hybridized carbons (Fsp3) is 0.273. The SMILES string of the molecule is [2H]c1cc(C([2H])([2H])N([2H])C(=O)C(F)(F)c2ccc(Cl)cc2)cc2c1C(=O)N(C1CCC(=O)NC1=O)C2([2H])[2H]. The minimum atomic E-state index is -4.34.